The number of rotatable bonds is 4. The molecule has 1 saturated heterocycles. The molecule has 1 aliphatic rings. The Balaban J connectivity index is 2.24. The Labute approximate surface area is 129 Å². The lowest BCUT2D eigenvalue weighted by Gasteiger charge is -2.38. The fraction of sp³-hybridized carbons (Fsp3) is 0.571. The molecule has 0 spiro atoms. The third-order valence-electron chi connectivity index (χ3n) is 3.62. The summed E-state index contributed by atoms with van der Waals surface area (Å²) >= 11 is 14.7. The Morgan fingerprint density at radius 3 is 2.68 bits per heavy atom. The molecule has 0 bridgehead atoms. The van der Waals surface area contributed by atoms with Crippen molar-refractivity contribution in [2.75, 3.05) is 25.4 Å². The normalized spacial score (nSPS) is 22.4. The van der Waals surface area contributed by atoms with Crippen molar-refractivity contribution >= 4 is 35.0 Å². The van der Waals surface area contributed by atoms with Crippen molar-refractivity contribution in [3.63, 3.8) is 0 Å². The molecule has 0 saturated carbocycles. The van der Waals surface area contributed by atoms with E-state index in [1.54, 1.807) is 0 Å². The monoisotopic (exact) mass is 318 g/mol. The van der Waals surface area contributed by atoms with E-state index in [1.807, 2.05) is 30.0 Å². The Hall–Kier alpha value is 0.0700. The van der Waals surface area contributed by atoms with E-state index in [2.05, 4.69) is 11.8 Å². The molecule has 106 valence electrons. The molecule has 0 aromatic heterocycles. The van der Waals surface area contributed by atoms with E-state index in [-0.39, 0.29) is 6.04 Å². The first-order chi connectivity index (χ1) is 9.17. The summed E-state index contributed by atoms with van der Waals surface area (Å²) < 4.78 is 0. The third-order valence-corrected chi connectivity index (χ3v) is 5.65. The van der Waals surface area contributed by atoms with Gasteiger partial charge >= 0.3 is 0 Å². The van der Waals surface area contributed by atoms with Gasteiger partial charge in [0.15, 0.2) is 0 Å². The first-order valence-electron chi connectivity index (χ1n) is 6.67. The molecule has 1 aromatic carbocycles. The summed E-state index contributed by atoms with van der Waals surface area (Å²) in [7, 11) is 0. The summed E-state index contributed by atoms with van der Waals surface area (Å²) in [4.78, 5) is 2.43. The quantitative estimate of drug-likeness (QED) is 0.915. The Morgan fingerprint density at radius 1 is 1.42 bits per heavy atom. The molecule has 1 heterocycles. The Kier molecular flexibility index (Phi) is 5.85. The maximum Gasteiger partial charge on any atom is 0.0500 e. The van der Waals surface area contributed by atoms with Gasteiger partial charge in [0.05, 0.1) is 6.04 Å². The molecule has 2 nitrogen and oxygen atoms in total. The molecule has 0 aliphatic carbocycles. The highest BCUT2D eigenvalue weighted by atomic mass is 35.5. The molecule has 5 heteroatoms. The standard InChI is InChI=1S/C14H20Cl2N2S/c1-2-10-9-18(6-7-19-10)13(8-17)14-11(15)4-3-5-12(14)16/h3-5,10,13H,2,6-9,17H2,1H3. The van der Waals surface area contributed by atoms with E-state index in [4.69, 9.17) is 28.9 Å². The zero-order chi connectivity index (χ0) is 13.8. The number of benzene rings is 1. The SMILES string of the molecule is CCC1CN(C(CN)c2c(Cl)cccc2Cl)CCS1. The second kappa shape index (κ2) is 7.19. The summed E-state index contributed by atoms with van der Waals surface area (Å²) in [6.07, 6.45) is 1.19. The van der Waals surface area contributed by atoms with Crippen LogP contribution in [0.3, 0.4) is 0 Å². The van der Waals surface area contributed by atoms with Crippen molar-refractivity contribution in [3.05, 3.63) is 33.8 Å². The van der Waals surface area contributed by atoms with Crippen LogP contribution < -0.4 is 5.73 Å². The smallest absolute Gasteiger partial charge is 0.0500 e. The molecule has 1 fully saturated rings. The van der Waals surface area contributed by atoms with Gasteiger partial charge in [0, 0.05) is 46.2 Å². The van der Waals surface area contributed by atoms with Crippen molar-refractivity contribution in [2.45, 2.75) is 24.6 Å². The van der Waals surface area contributed by atoms with E-state index >= 15 is 0 Å². The summed E-state index contributed by atoms with van der Waals surface area (Å²) in [5.41, 5.74) is 6.98. The maximum absolute atomic E-state index is 6.32. The minimum absolute atomic E-state index is 0.121. The minimum Gasteiger partial charge on any atom is -0.329 e. The highest BCUT2D eigenvalue weighted by Gasteiger charge is 2.28. The van der Waals surface area contributed by atoms with Crippen molar-refractivity contribution in [2.24, 2.45) is 5.73 Å². The second-order valence-electron chi connectivity index (χ2n) is 4.78. The fourth-order valence-corrected chi connectivity index (χ4v) is 4.41. The van der Waals surface area contributed by atoms with Gasteiger partial charge in [-0.05, 0) is 18.6 Å². The number of halogens is 2. The van der Waals surface area contributed by atoms with Gasteiger partial charge in [0.2, 0.25) is 0 Å². The summed E-state index contributed by atoms with van der Waals surface area (Å²) in [6, 6.07) is 5.78. The fourth-order valence-electron chi connectivity index (χ4n) is 2.55. The maximum atomic E-state index is 6.32. The molecular formula is C14H20Cl2N2S. The van der Waals surface area contributed by atoms with Gasteiger partial charge in [-0.2, -0.15) is 11.8 Å². The van der Waals surface area contributed by atoms with Crippen molar-refractivity contribution in [1.82, 2.24) is 4.90 Å². The van der Waals surface area contributed by atoms with Crippen LogP contribution in [-0.2, 0) is 0 Å². The van der Waals surface area contributed by atoms with Crippen molar-refractivity contribution in [1.29, 1.82) is 0 Å². The van der Waals surface area contributed by atoms with Crippen LogP contribution in [0.1, 0.15) is 24.9 Å². The topological polar surface area (TPSA) is 29.3 Å². The largest absolute Gasteiger partial charge is 0.329 e. The second-order valence-corrected chi connectivity index (χ2v) is 7.01. The van der Waals surface area contributed by atoms with Gasteiger partial charge in [-0.3, -0.25) is 4.90 Å². The van der Waals surface area contributed by atoms with Crippen LogP contribution in [0.15, 0.2) is 18.2 Å². The van der Waals surface area contributed by atoms with E-state index in [9.17, 15) is 0 Å². The van der Waals surface area contributed by atoms with Crippen molar-refractivity contribution in [3.8, 4) is 0 Å². The number of nitrogens with zero attached hydrogens (tertiary/aromatic N) is 1. The Bertz CT molecular complexity index is 408. The predicted molar refractivity (Wildman–Crippen MR) is 86.4 cm³/mol. The Morgan fingerprint density at radius 2 is 2.11 bits per heavy atom. The van der Waals surface area contributed by atoms with Crippen LogP contribution in [0.25, 0.3) is 0 Å². The molecule has 1 aromatic rings. The highest BCUT2D eigenvalue weighted by molar-refractivity contribution is 8.00. The molecule has 2 atom stereocenters. The van der Waals surface area contributed by atoms with Crippen LogP contribution in [0.2, 0.25) is 10.0 Å². The molecule has 0 radical (unpaired) electrons. The zero-order valence-electron chi connectivity index (χ0n) is 11.1. The first kappa shape index (κ1) is 15.5. The molecule has 2 rings (SSSR count). The van der Waals surface area contributed by atoms with Crippen LogP contribution in [-0.4, -0.2) is 35.5 Å². The van der Waals surface area contributed by atoms with Crippen LogP contribution in [0, 0.1) is 0 Å². The lowest BCUT2D eigenvalue weighted by Crippen LogP contribution is -2.42. The number of hydrogen-bond acceptors (Lipinski definition) is 3. The van der Waals surface area contributed by atoms with Crippen LogP contribution >= 0.6 is 35.0 Å². The van der Waals surface area contributed by atoms with E-state index < -0.39 is 0 Å². The molecule has 19 heavy (non-hydrogen) atoms. The average molecular weight is 319 g/mol. The zero-order valence-corrected chi connectivity index (χ0v) is 13.4. The minimum atomic E-state index is 0.121. The van der Waals surface area contributed by atoms with E-state index in [1.165, 1.54) is 6.42 Å². The highest BCUT2D eigenvalue weighted by Crippen LogP contribution is 2.35. The van der Waals surface area contributed by atoms with Gasteiger partial charge in [-0.1, -0.05) is 36.2 Å². The molecule has 2 N–H and O–H groups in total. The van der Waals surface area contributed by atoms with Gasteiger partial charge in [0.25, 0.3) is 0 Å². The molecule has 0 amide bonds. The van der Waals surface area contributed by atoms with Crippen LogP contribution in [0.5, 0.6) is 0 Å². The summed E-state index contributed by atoms with van der Waals surface area (Å²) in [5.74, 6) is 1.15. The number of nitrogens with two attached hydrogens (primary N) is 1. The van der Waals surface area contributed by atoms with Gasteiger partial charge in [-0.25, -0.2) is 0 Å². The number of hydrogen-bond donors (Lipinski definition) is 1. The predicted octanol–water partition coefficient (Wildman–Crippen LogP) is 3.82. The summed E-state index contributed by atoms with van der Waals surface area (Å²) in [5, 5.41) is 2.12. The van der Waals surface area contributed by atoms with Gasteiger partial charge in [-0.15, -0.1) is 0 Å². The first-order valence-corrected chi connectivity index (χ1v) is 8.47. The third kappa shape index (κ3) is 3.59. The van der Waals surface area contributed by atoms with Crippen molar-refractivity contribution < 1.29 is 0 Å². The van der Waals surface area contributed by atoms with E-state index in [0.29, 0.717) is 21.8 Å². The van der Waals surface area contributed by atoms with Crippen LogP contribution in [0.4, 0.5) is 0 Å². The molecule has 2 unspecified atom stereocenters. The number of thioether (sulfide) groups is 1. The molecular weight excluding hydrogens is 299 g/mol. The lowest BCUT2D eigenvalue weighted by molar-refractivity contribution is 0.208. The lowest BCUT2D eigenvalue weighted by atomic mass is 10.0. The average Bonchev–Trinajstić information content (AvgIpc) is 2.43. The van der Waals surface area contributed by atoms with E-state index in [0.717, 1.165) is 24.4 Å². The molecule has 1 aliphatic heterocycles. The summed E-state index contributed by atoms with van der Waals surface area (Å²) in [6.45, 7) is 4.89. The van der Waals surface area contributed by atoms with Gasteiger partial charge < -0.3 is 5.73 Å². The van der Waals surface area contributed by atoms with Gasteiger partial charge in [0.1, 0.15) is 0 Å².